The maximum absolute atomic E-state index is 10.2. The third-order valence-corrected chi connectivity index (χ3v) is 4.45. The molecule has 0 unspecified atom stereocenters. The average Bonchev–Trinajstić information content (AvgIpc) is 3.01. The van der Waals surface area contributed by atoms with Crippen LogP contribution >= 0.6 is 15.9 Å². The molecule has 86 valence electrons. The van der Waals surface area contributed by atoms with Gasteiger partial charge in [0.2, 0.25) is 0 Å². The van der Waals surface area contributed by atoms with Crippen LogP contribution in [-0.4, -0.2) is 28.8 Å². The number of pyridine rings is 1. The summed E-state index contributed by atoms with van der Waals surface area (Å²) in [6.45, 7) is 3.54. The Kier molecular flexibility index (Phi) is 2.27. The summed E-state index contributed by atoms with van der Waals surface area (Å²) in [4.78, 5) is 6.52. The standard InChI is InChI=1S/C12H15BrN2O/c1-8-4-11(14-5-10(8)13)15-6-12(16,7-15)9-2-3-9/h4-5,9,16H,2-3,6-7H2,1H3. The fourth-order valence-electron chi connectivity index (χ4n) is 2.35. The number of aromatic nitrogens is 1. The van der Waals surface area contributed by atoms with Gasteiger partial charge in [-0.05, 0) is 53.2 Å². The van der Waals surface area contributed by atoms with Crippen molar-refractivity contribution in [2.45, 2.75) is 25.4 Å². The summed E-state index contributed by atoms with van der Waals surface area (Å²) >= 11 is 3.44. The zero-order valence-corrected chi connectivity index (χ0v) is 10.9. The second kappa shape index (κ2) is 3.44. The number of rotatable bonds is 2. The third kappa shape index (κ3) is 1.64. The van der Waals surface area contributed by atoms with Crippen molar-refractivity contribution < 1.29 is 5.11 Å². The van der Waals surface area contributed by atoms with E-state index in [1.54, 1.807) is 0 Å². The summed E-state index contributed by atoms with van der Waals surface area (Å²) in [6, 6.07) is 2.07. The van der Waals surface area contributed by atoms with Crippen LogP contribution in [0.2, 0.25) is 0 Å². The van der Waals surface area contributed by atoms with Crippen molar-refractivity contribution in [2.24, 2.45) is 5.92 Å². The van der Waals surface area contributed by atoms with Gasteiger partial charge in [-0.3, -0.25) is 0 Å². The van der Waals surface area contributed by atoms with Crippen LogP contribution in [0.4, 0.5) is 5.82 Å². The minimum absolute atomic E-state index is 0.428. The molecular weight excluding hydrogens is 268 g/mol. The van der Waals surface area contributed by atoms with E-state index in [0.29, 0.717) is 5.92 Å². The first-order valence-electron chi connectivity index (χ1n) is 5.68. The van der Waals surface area contributed by atoms with E-state index in [1.165, 1.54) is 18.4 Å². The molecule has 2 aliphatic rings. The van der Waals surface area contributed by atoms with Crippen LogP contribution in [0, 0.1) is 12.8 Å². The molecular formula is C12H15BrN2O. The van der Waals surface area contributed by atoms with E-state index < -0.39 is 5.60 Å². The second-order valence-electron chi connectivity index (χ2n) is 5.03. The average molecular weight is 283 g/mol. The lowest BCUT2D eigenvalue weighted by molar-refractivity contribution is -0.00974. The van der Waals surface area contributed by atoms with E-state index in [2.05, 4.69) is 38.8 Å². The lowest BCUT2D eigenvalue weighted by atomic mass is 9.89. The van der Waals surface area contributed by atoms with E-state index in [1.807, 2.05) is 6.20 Å². The van der Waals surface area contributed by atoms with Gasteiger partial charge in [-0.15, -0.1) is 0 Å². The normalized spacial score (nSPS) is 23.1. The van der Waals surface area contributed by atoms with Crippen LogP contribution in [0.3, 0.4) is 0 Å². The minimum Gasteiger partial charge on any atom is -0.386 e. The molecule has 1 aromatic heterocycles. The molecule has 4 heteroatoms. The first-order valence-corrected chi connectivity index (χ1v) is 6.47. The highest BCUT2D eigenvalue weighted by atomic mass is 79.9. The Morgan fingerprint density at radius 2 is 2.19 bits per heavy atom. The maximum atomic E-state index is 10.2. The van der Waals surface area contributed by atoms with Crippen molar-refractivity contribution in [1.29, 1.82) is 0 Å². The maximum Gasteiger partial charge on any atom is 0.129 e. The van der Waals surface area contributed by atoms with Gasteiger partial charge in [0.05, 0.1) is 13.1 Å². The first-order chi connectivity index (χ1) is 7.58. The van der Waals surface area contributed by atoms with E-state index in [0.717, 1.165) is 23.4 Å². The molecule has 16 heavy (non-hydrogen) atoms. The zero-order valence-electron chi connectivity index (χ0n) is 9.28. The van der Waals surface area contributed by atoms with Crippen LogP contribution in [0.1, 0.15) is 18.4 Å². The highest BCUT2D eigenvalue weighted by molar-refractivity contribution is 9.10. The molecule has 0 spiro atoms. The summed E-state index contributed by atoms with van der Waals surface area (Å²) in [6.07, 6.45) is 4.22. The van der Waals surface area contributed by atoms with Crippen molar-refractivity contribution in [1.82, 2.24) is 4.98 Å². The van der Waals surface area contributed by atoms with Crippen LogP contribution in [-0.2, 0) is 0 Å². The lowest BCUT2D eigenvalue weighted by Gasteiger charge is -2.47. The van der Waals surface area contributed by atoms with Crippen LogP contribution < -0.4 is 4.90 Å². The molecule has 3 nitrogen and oxygen atoms in total. The molecule has 0 aromatic carbocycles. The SMILES string of the molecule is Cc1cc(N2CC(O)(C3CC3)C2)ncc1Br. The van der Waals surface area contributed by atoms with Gasteiger partial charge in [-0.2, -0.15) is 0 Å². The number of aryl methyl sites for hydroxylation is 1. The van der Waals surface area contributed by atoms with Crippen LogP contribution in [0.25, 0.3) is 0 Å². The molecule has 1 aromatic rings. The largest absolute Gasteiger partial charge is 0.386 e. The smallest absolute Gasteiger partial charge is 0.129 e. The van der Waals surface area contributed by atoms with Gasteiger partial charge in [0.25, 0.3) is 0 Å². The Bertz CT molecular complexity index is 425. The molecule has 2 fully saturated rings. The van der Waals surface area contributed by atoms with Crippen LogP contribution in [0.5, 0.6) is 0 Å². The van der Waals surface area contributed by atoms with E-state index in [9.17, 15) is 5.11 Å². The molecule has 0 atom stereocenters. The number of anilines is 1. The van der Waals surface area contributed by atoms with Gasteiger partial charge in [0.15, 0.2) is 0 Å². The van der Waals surface area contributed by atoms with Crippen molar-refractivity contribution in [3.8, 4) is 0 Å². The predicted molar refractivity (Wildman–Crippen MR) is 66.6 cm³/mol. The number of hydrogen-bond acceptors (Lipinski definition) is 3. The Hall–Kier alpha value is -0.610. The number of aliphatic hydroxyl groups is 1. The molecule has 1 aliphatic carbocycles. The van der Waals surface area contributed by atoms with Gasteiger partial charge < -0.3 is 10.0 Å². The van der Waals surface area contributed by atoms with Crippen molar-refractivity contribution >= 4 is 21.7 Å². The fraction of sp³-hybridized carbons (Fsp3) is 0.583. The first kappa shape index (κ1) is 10.5. The van der Waals surface area contributed by atoms with Gasteiger partial charge in [-0.1, -0.05) is 0 Å². The van der Waals surface area contributed by atoms with E-state index in [4.69, 9.17) is 0 Å². The summed E-state index contributed by atoms with van der Waals surface area (Å²) in [5.74, 6) is 1.52. The summed E-state index contributed by atoms with van der Waals surface area (Å²) < 4.78 is 1.04. The summed E-state index contributed by atoms with van der Waals surface area (Å²) in [7, 11) is 0. The van der Waals surface area contributed by atoms with Crippen LogP contribution in [0.15, 0.2) is 16.7 Å². The molecule has 0 bridgehead atoms. The fourth-order valence-corrected chi connectivity index (χ4v) is 2.57. The van der Waals surface area contributed by atoms with Gasteiger partial charge >= 0.3 is 0 Å². The molecule has 1 aliphatic heterocycles. The van der Waals surface area contributed by atoms with Gasteiger partial charge in [0.1, 0.15) is 11.4 Å². The van der Waals surface area contributed by atoms with Gasteiger partial charge in [-0.25, -0.2) is 4.98 Å². The Morgan fingerprint density at radius 3 is 2.75 bits per heavy atom. The lowest BCUT2D eigenvalue weighted by Crippen LogP contribution is -2.63. The Morgan fingerprint density at radius 1 is 1.50 bits per heavy atom. The molecule has 0 amide bonds. The Balaban J connectivity index is 1.73. The minimum atomic E-state index is -0.428. The summed E-state index contributed by atoms with van der Waals surface area (Å²) in [5, 5.41) is 10.2. The molecule has 2 heterocycles. The van der Waals surface area contributed by atoms with Crippen molar-refractivity contribution in [3.63, 3.8) is 0 Å². The van der Waals surface area contributed by atoms with Crippen molar-refractivity contribution in [3.05, 3.63) is 22.3 Å². The molecule has 0 radical (unpaired) electrons. The number of hydrogen-bond donors (Lipinski definition) is 1. The highest BCUT2D eigenvalue weighted by Crippen LogP contribution is 2.45. The molecule has 1 saturated heterocycles. The summed E-state index contributed by atoms with van der Waals surface area (Å²) in [5.41, 5.74) is 0.759. The Labute approximate surface area is 104 Å². The second-order valence-corrected chi connectivity index (χ2v) is 5.88. The monoisotopic (exact) mass is 282 g/mol. The number of β-amino-alcohol motifs (C(OH)–C–C–N with tert-alkyl or cyclic N) is 1. The third-order valence-electron chi connectivity index (χ3n) is 3.62. The van der Waals surface area contributed by atoms with Gasteiger partial charge in [0, 0.05) is 10.7 Å². The van der Waals surface area contributed by atoms with E-state index >= 15 is 0 Å². The molecule has 3 rings (SSSR count). The number of halogens is 1. The quantitative estimate of drug-likeness (QED) is 0.903. The van der Waals surface area contributed by atoms with Crippen molar-refractivity contribution in [2.75, 3.05) is 18.0 Å². The zero-order chi connectivity index (χ0) is 11.3. The predicted octanol–water partition coefficient (Wildman–Crippen LogP) is 2.11. The highest BCUT2D eigenvalue weighted by Gasteiger charge is 2.52. The molecule has 1 saturated carbocycles. The number of nitrogens with zero attached hydrogens (tertiary/aromatic N) is 2. The molecule has 1 N–H and O–H groups in total. The van der Waals surface area contributed by atoms with E-state index in [-0.39, 0.29) is 0 Å². The topological polar surface area (TPSA) is 36.4 Å².